The molecule has 5 heteroatoms. The van der Waals surface area contributed by atoms with E-state index >= 15 is 0 Å². The summed E-state index contributed by atoms with van der Waals surface area (Å²) in [5, 5.41) is 0. The second-order valence-corrected chi connectivity index (χ2v) is 4.72. The first-order valence-electron chi connectivity index (χ1n) is 2.80. The van der Waals surface area contributed by atoms with E-state index in [2.05, 4.69) is 0 Å². The van der Waals surface area contributed by atoms with Crippen molar-refractivity contribution in [3.05, 3.63) is 6.04 Å². The maximum atomic E-state index is 5.46. The Morgan fingerprint density at radius 3 is 1.70 bits per heavy atom. The monoisotopic (exact) mass is 183 g/mol. The minimum Gasteiger partial charge on any atom is -0.377 e. The molecule has 0 N–H and O–H groups in total. The summed E-state index contributed by atoms with van der Waals surface area (Å²) in [7, 11) is 2.16. The van der Waals surface area contributed by atoms with Gasteiger partial charge in [0.05, 0.1) is 6.04 Å². The van der Waals surface area contributed by atoms with Crippen molar-refractivity contribution in [3.8, 4) is 0 Å². The van der Waals surface area contributed by atoms with Gasteiger partial charge in [-0.3, -0.25) is 0 Å². The lowest BCUT2D eigenvalue weighted by Gasteiger charge is -2.22. The van der Waals surface area contributed by atoms with Crippen LogP contribution in [-0.4, -0.2) is 36.0 Å². The Hall–Kier alpha value is 0.387. The molecule has 0 fully saturated rings. The highest BCUT2D eigenvalue weighted by molar-refractivity contribution is 6.65. The van der Waals surface area contributed by atoms with Crippen molar-refractivity contribution < 1.29 is 13.3 Å². The van der Waals surface area contributed by atoms with Crippen LogP contribution in [0.1, 0.15) is 0 Å². The van der Waals surface area contributed by atoms with Gasteiger partial charge in [-0.25, -0.2) is 0 Å². The molecule has 0 saturated heterocycles. The molecule has 0 unspecified atom stereocenters. The van der Waals surface area contributed by atoms with Crippen molar-refractivity contribution >= 4 is 20.4 Å². The molecule has 0 aliphatic heterocycles. The summed E-state index contributed by atoms with van der Waals surface area (Å²) in [4.78, 5) is 0. The molecular formula is C5H12ClO3Si. The predicted octanol–water partition coefficient (Wildman–Crippen LogP) is 0.847. The lowest BCUT2D eigenvalue weighted by Crippen LogP contribution is -2.44. The van der Waals surface area contributed by atoms with Crippen molar-refractivity contribution in [2.24, 2.45) is 0 Å². The van der Waals surface area contributed by atoms with Crippen LogP contribution in [0.4, 0.5) is 0 Å². The van der Waals surface area contributed by atoms with Crippen molar-refractivity contribution in [3.63, 3.8) is 0 Å². The lowest BCUT2D eigenvalue weighted by atomic mass is 11.0. The van der Waals surface area contributed by atoms with E-state index in [1.165, 1.54) is 0 Å². The zero-order valence-corrected chi connectivity index (χ0v) is 8.14. The third-order valence-corrected chi connectivity index (χ3v) is 4.01. The van der Waals surface area contributed by atoms with Crippen LogP contribution in [0.2, 0.25) is 0 Å². The average Bonchev–Trinajstić information content (AvgIpc) is 2.01. The van der Waals surface area contributed by atoms with E-state index in [4.69, 9.17) is 24.9 Å². The van der Waals surface area contributed by atoms with Gasteiger partial charge in [0.25, 0.3) is 0 Å². The molecule has 0 amide bonds. The Bertz CT molecular complexity index is 78.7. The van der Waals surface area contributed by atoms with Crippen molar-refractivity contribution in [1.29, 1.82) is 0 Å². The zero-order chi connectivity index (χ0) is 8.04. The standard InChI is InChI=1S/C5H12ClO3Si/c1-7-10(8-2,9-3)5-4-6/h5H,4H2,1-3H3. The number of alkyl halides is 1. The van der Waals surface area contributed by atoms with Crippen LogP contribution in [0.5, 0.6) is 0 Å². The highest BCUT2D eigenvalue weighted by Gasteiger charge is 2.37. The van der Waals surface area contributed by atoms with Gasteiger partial charge in [0, 0.05) is 27.2 Å². The van der Waals surface area contributed by atoms with E-state index in [1.807, 2.05) is 0 Å². The molecule has 0 atom stereocenters. The second kappa shape index (κ2) is 5.09. The molecule has 61 valence electrons. The average molecular weight is 184 g/mol. The summed E-state index contributed by atoms with van der Waals surface area (Å²) >= 11 is 5.46. The van der Waals surface area contributed by atoms with Crippen LogP contribution < -0.4 is 0 Å². The fourth-order valence-corrected chi connectivity index (χ4v) is 2.35. The number of rotatable bonds is 5. The summed E-state index contributed by atoms with van der Waals surface area (Å²) in [6, 6.07) is 1.72. The van der Waals surface area contributed by atoms with Crippen LogP contribution >= 0.6 is 11.6 Å². The molecule has 0 saturated carbocycles. The van der Waals surface area contributed by atoms with Crippen LogP contribution in [0, 0.1) is 6.04 Å². The van der Waals surface area contributed by atoms with Gasteiger partial charge in [-0.1, -0.05) is 0 Å². The van der Waals surface area contributed by atoms with Crippen molar-refractivity contribution in [1.82, 2.24) is 0 Å². The minimum atomic E-state index is -2.47. The molecule has 0 aromatic rings. The maximum Gasteiger partial charge on any atom is 0.504 e. The molecule has 3 nitrogen and oxygen atoms in total. The van der Waals surface area contributed by atoms with Crippen LogP contribution in [0.25, 0.3) is 0 Å². The van der Waals surface area contributed by atoms with Gasteiger partial charge >= 0.3 is 8.80 Å². The Balaban J connectivity index is 3.87. The van der Waals surface area contributed by atoms with E-state index in [0.29, 0.717) is 5.88 Å². The first-order chi connectivity index (χ1) is 4.74. The van der Waals surface area contributed by atoms with E-state index in [0.717, 1.165) is 0 Å². The molecule has 0 aliphatic rings. The maximum absolute atomic E-state index is 5.46. The first-order valence-corrected chi connectivity index (χ1v) is 5.14. The van der Waals surface area contributed by atoms with E-state index < -0.39 is 8.80 Å². The molecule has 0 bridgehead atoms. The molecule has 0 heterocycles. The van der Waals surface area contributed by atoms with Gasteiger partial charge in [-0.05, 0) is 0 Å². The molecular weight excluding hydrogens is 172 g/mol. The van der Waals surface area contributed by atoms with Gasteiger partial charge in [-0.2, -0.15) is 0 Å². The number of hydrogen-bond donors (Lipinski definition) is 0. The van der Waals surface area contributed by atoms with Gasteiger partial charge in [0.1, 0.15) is 0 Å². The normalized spacial score (nSPS) is 12.0. The van der Waals surface area contributed by atoms with Crippen molar-refractivity contribution in [2.75, 3.05) is 27.2 Å². The van der Waals surface area contributed by atoms with E-state index in [-0.39, 0.29) is 0 Å². The second-order valence-electron chi connectivity index (χ2n) is 1.57. The summed E-state index contributed by atoms with van der Waals surface area (Å²) in [5.41, 5.74) is 0. The summed E-state index contributed by atoms with van der Waals surface area (Å²) in [6.45, 7) is 0. The molecule has 0 aromatic heterocycles. The SMILES string of the molecule is CO[Si]([CH]CCl)(OC)OC. The Morgan fingerprint density at radius 2 is 1.60 bits per heavy atom. The fraction of sp³-hybridized carbons (Fsp3) is 0.800. The smallest absolute Gasteiger partial charge is 0.377 e. The molecule has 0 aliphatic carbocycles. The van der Waals surface area contributed by atoms with Crippen LogP contribution in [0.15, 0.2) is 0 Å². The summed E-state index contributed by atoms with van der Waals surface area (Å²) in [6.07, 6.45) is 0. The highest BCUT2D eigenvalue weighted by atomic mass is 35.5. The Labute approximate surface area is 67.6 Å². The third kappa shape index (κ3) is 2.55. The quantitative estimate of drug-likeness (QED) is 0.467. The van der Waals surface area contributed by atoms with E-state index in [9.17, 15) is 0 Å². The lowest BCUT2D eigenvalue weighted by molar-refractivity contribution is 0.133. The van der Waals surface area contributed by atoms with Crippen LogP contribution in [0.3, 0.4) is 0 Å². The third-order valence-electron chi connectivity index (χ3n) is 1.18. The molecule has 0 rings (SSSR count). The topological polar surface area (TPSA) is 27.7 Å². The summed E-state index contributed by atoms with van der Waals surface area (Å²) < 4.78 is 15.1. The van der Waals surface area contributed by atoms with Crippen molar-refractivity contribution in [2.45, 2.75) is 0 Å². The largest absolute Gasteiger partial charge is 0.504 e. The molecule has 1 radical (unpaired) electrons. The Kier molecular flexibility index (Phi) is 5.29. The Morgan fingerprint density at radius 1 is 1.20 bits per heavy atom. The van der Waals surface area contributed by atoms with Gasteiger partial charge in [-0.15, -0.1) is 11.6 Å². The number of halogens is 1. The fourth-order valence-electron chi connectivity index (χ4n) is 0.594. The van der Waals surface area contributed by atoms with Gasteiger partial charge < -0.3 is 13.3 Å². The minimum absolute atomic E-state index is 0.377. The predicted molar refractivity (Wildman–Crippen MR) is 41.8 cm³/mol. The van der Waals surface area contributed by atoms with Gasteiger partial charge in [0.2, 0.25) is 0 Å². The molecule has 0 spiro atoms. The zero-order valence-electron chi connectivity index (χ0n) is 6.39. The summed E-state index contributed by atoms with van der Waals surface area (Å²) in [5.74, 6) is 0.377. The van der Waals surface area contributed by atoms with Gasteiger partial charge in [0.15, 0.2) is 0 Å². The first kappa shape index (κ1) is 10.4. The van der Waals surface area contributed by atoms with Crippen LogP contribution in [-0.2, 0) is 13.3 Å². The highest BCUT2D eigenvalue weighted by Crippen LogP contribution is 2.09. The number of hydrogen-bond acceptors (Lipinski definition) is 3. The molecule has 0 aromatic carbocycles. The molecule has 10 heavy (non-hydrogen) atoms. The van der Waals surface area contributed by atoms with E-state index in [1.54, 1.807) is 27.4 Å².